The summed E-state index contributed by atoms with van der Waals surface area (Å²) in [5.41, 5.74) is 1.40. The number of aromatic nitrogens is 1. The number of aliphatic hydroxyl groups is 2. The molecule has 0 aliphatic carbocycles. The van der Waals surface area contributed by atoms with Crippen LogP contribution in [0.2, 0.25) is 5.02 Å². The molecule has 3 N–H and O–H groups in total. The number of rotatable bonds is 11. The van der Waals surface area contributed by atoms with Crippen LogP contribution in [-0.2, 0) is 16.1 Å². The smallest absolute Gasteiger partial charge is 0.415 e. The molecule has 3 aromatic rings. The van der Waals surface area contributed by atoms with E-state index in [0.717, 1.165) is 0 Å². The third-order valence-electron chi connectivity index (χ3n) is 5.08. The van der Waals surface area contributed by atoms with Gasteiger partial charge in [0.15, 0.2) is 5.58 Å². The number of likely N-dealkylation sites (N-methyl/N-ethyl adjacent to an activating group) is 1. The van der Waals surface area contributed by atoms with Crippen molar-refractivity contribution in [2.45, 2.75) is 25.1 Å². The van der Waals surface area contributed by atoms with E-state index in [1.54, 1.807) is 30.3 Å². The standard InChI is InChI=1S/C22H24ClFN4O6/c1-27(28(13-30)10-14-5-4-6-17(24)20(14)23)15(9-16(31)11-29)12-33-22(32)26-21-25-18-7-2-3-8-19(18)34-21/h2-8,13,15-16,29,31H,9-12H2,1H3,(H,25,26,32)/t15-,16+/m0/s1. The summed E-state index contributed by atoms with van der Waals surface area (Å²) in [6, 6.07) is 10.4. The molecule has 34 heavy (non-hydrogen) atoms. The molecule has 10 nitrogen and oxygen atoms in total. The molecule has 0 radical (unpaired) electrons. The number of carbonyl (C=O) groups is 2. The first-order valence-electron chi connectivity index (χ1n) is 10.3. The molecule has 1 heterocycles. The van der Waals surface area contributed by atoms with Crippen LogP contribution in [0.25, 0.3) is 11.1 Å². The van der Waals surface area contributed by atoms with Crippen LogP contribution in [0.3, 0.4) is 0 Å². The Morgan fingerprint density at radius 2 is 2.09 bits per heavy atom. The summed E-state index contributed by atoms with van der Waals surface area (Å²) in [4.78, 5) is 28.2. The van der Waals surface area contributed by atoms with Gasteiger partial charge >= 0.3 is 12.1 Å². The first-order valence-corrected chi connectivity index (χ1v) is 10.7. The average molecular weight is 495 g/mol. The second-order valence-corrected chi connectivity index (χ2v) is 7.80. The van der Waals surface area contributed by atoms with Crippen molar-refractivity contribution < 1.29 is 33.3 Å². The molecule has 0 saturated carbocycles. The van der Waals surface area contributed by atoms with Gasteiger partial charge in [-0.3, -0.25) is 9.80 Å². The van der Waals surface area contributed by atoms with Crippen molar-refractivity contribution in [1.29, 1.82) is 0 Å². The predicted molar refractivity (Wildman–Crippen MR) is 121 cm³/mol. The fourth-order valence-corrected chi connectivity index (χ4v) is 3.40. The number of ether oxygens (including phenoxy) is 1. The number of nitrogens with zero attached hydrogens (tertiary/aromatic N) is 3. The lowest BCUT2D eigenvalue weighted by Crippen LogP contribution is -2.49. The van der Waals surface area contributed by atoms with Crippen molar-refractivity contribution >= 4 is 41.2 Å². The van der Waals surface area contributed by atoms with Gasteiger partial charge in [0, 0.05) is 7.05 Å². The fraction of sp³-hybridized carbons (Fsp3) is 0.318. The minimum absolute atomic E-state index is 0.0373. The quantitative estimate of drug-likeness (QED) is 0.274. The largest absolute Gasteiger partial charge is 0.447 e. The van der Waals surface area contributed by atoms with Crippen molar-refractivity contribution in [1.82, 2.24) is 15.0 Å². The number of para-hydroxylation sites is 2. The van der Waals surface area contributed by atoms with Crippen LogP contribution in [0, 0.1) is 5.82 Å². The lowest BCUT2D eigenvalue weighted by molar-refractivity contribution is -0.141. The molecule has 0 aliphatic rings. The maximum Gasteiger partial charge on any atom is 0.415 e. The summed E-state index contributed by atoms with van der Waals surface area (Å²) in [6.07, 6.45) is -1.54. The Morgan fingerprint density at radius 3 is 2.79 bits per heavy atom. The van der Waals surface area contributed by atoms with E-state index in [4.69, 9.17) is 20.8 Å². The number of oxazole rings is 1. The number of halogens is 2. The van der Waals surface area contributed by atoms with Gasteiger partial charge in [-0.25, -0.2) is 19.5 Å². The number of aliphatic hydroxyl groups excluding tert-OH is 2. The molecular formula is C22H24ClFN4O6. The van der Waals surface area contributed by atoms with Gasteiger partial charge < -0.3 is 19.4 Å². The zero-order valence-electron chi connectivity index (χ0n) is 18.2. The summed E-state index contributed by atoms with van der Waals surface area (Å²) in [7, 11) is 1.53. The molecule has 2 amide bonds. The minimum Gasteiger partial charge on any atom is -0.447 e. The highest BCUT2D eigenvalue weighted by Crippen LogP contribution is 2.22. The zero-order chi connectivity index (χ0) is 24.7. The molecule has 0 aliphatic heterocycles. The summed E-state index contributed by atoms with van der Waals surface area (Å²) in [5, 5.41) is 24.1. The Labute approximate surface area is 199 Å². The number of fused-ring (bicyclic) bond motifs is 1. The molecule has 182 valence electrons. The molecular weight excluding hydrogens is 471 g/mol. The van der Waals surface area contributed by atoms with Crippen molar-refractivity contribution in [2.24, 2.45) is 0 Å². The number of anilines is 1. The number of hydrogen-bond donors (Lipinski definition) is 3. The SMILES string of the molecule is CN([C@H](COC(=O)Nc1nc2ccccc2o1)C[C@@H](O)CO)N(C=O)Cc1cccc(F)c1Cl. The lowest BCUT2D eigenvalue weighted by atomic mass is 10.1. The number of amides is 2. The number of benzene rings is 2. The van der Waals surface area contributed by atoms with Gasteiger partial charge in [0.1, 0.15) is 17.9 Å². The van der Waals surface area contributed by atoms with Crippen molar-refractivity contribution in [3.63, 3.8) is 0 Å². The monoisotopic (exact) mass is 494 g/mol. The van der Waals surface area contributed by atoms with Crippen LogP contribution < -0.4 is 5.32 Å². The number of hydrazine groups is 1. The van der Waals surface area contributed by atoms with Crippen LogP contribution in [0.5, 0.6) is 0 Å². The molecule has 0 saturated heterocycles. The molecule has 0 fully saturated rings. The molecule has 1 aromatic heterocycles. The van der Waals surface area contributed by atoms with Gasteiger partial charge in [-0.15, -0.1) is 0 Å². The van der Waals surface area contributed by atoms with Crippen LogP contribution in [0.15, 0.2) is 46.9 Å². The molecule has 3 rings (SSSR count). The maximum atomic E-state index is 13.8. The van der Waals surface area contributed by atoms with E-state index in [-0.39, 0.29) is 30.6 Å². The maximum absolute atomic E-state index is 13.8. The normalized spacial score (nSPS) is 13.0. The van der Waals surface area contributed by atoms with Gasteiger partial charge in [0.2, 0.25) is 6.41 Å². The van der Waals surface area contributed by atoms with Crippen LogP contribution in [-0.4, -0.2) is 70.1 Å². The highest BCUT2D eigenvalue weighted by molar-refractivity contribution is 6.31. The summed E-state index contributed by atoms with van der Waals surface area (Å²) < 4.78 is 24.4. The van der Waals surface area contributed by atoms with Crippen molar-refractivity contribution in [3.05, 3.63) is 58.9 Å². The summed E-state index contributed by atoms with van der Waals surface area (Å²) in [5.74, 6) is -0.626. The Kier molecular flexibility index (Phi) is 8.77. The molecule has 0 unspecified atom stereocenters. The Hall–Kier alpha value is -3.25. The van der Waals surface area contributed by atoms with Gasteiger partial charge in [-0.2, -0.15) is 4.98 Å². The topological polar surface area (TPSA) is 128 Å². The zero-order valence-corrected chi connectivity index (χ0v) is 19.0. The van der Waals surface area contributed by atoms with E-state index in [1.165, 1.54) is 29.2 Å². The van der Waals surface area contributed by atoms with E-state index < -0.39 is 30.7 Å². The molecule has 2 aromatic carbocycles. The Bertz CT molecular complexity index is 1100. The second kappa shape index (κ2) is 11.7. The summed E-state index contributed by atoms with van der Waals surface area (Å²) in [6.45, 7) is -0.867. The van der Waals surface area contributed by atoms with E-state index in [9.17, 15) is 24.2 Å². The highest BCUT2D eigenvalue weighted by Gasteiger charge is 2.26. The van der Waals surface area contributed by atoms with E-state index in [0.29, 0.717) is 23.1 Å². The first-order chi connectivity index (χ1) is 16.3. The van der Waals surface area contributed by atoms with E-state index in [1.807, 2.05) is 0 Å². The molecule has 0 spiro atoms. The van der Waals surface area contributed by atoms with Crippen LogP contribution in [0.1, 0.15) is 12.0 Å². The molecule has 0 bridgehead atoms. The second-order valence-electron chi connectivity index (χ2n) is 7.43. The third kappa shape index (κ3) is 6.41. The molecule has 12 heteroatoms. The first kappa shape index (κ1) is 25.4. The Balaban J connectivity index is 1.67. The average Bonchev–Trinajstić information content (AvgIpc) is 3.24. The Morgan fingerprint density at radius 1 is 1.32 bits per heavy atom. The van der Waals surface area contributed by atoms with Gasteiger partial charge in [-0.05, 0) is 30.2 Å². The van der Waals surface area contributed by atoms with Gasteiger partial charge in [0.25, 0.3) is 0 Å². The van der Waals surface area contributed by atoms with E-state index in [2.05, 4.69) is 10.3 Å². The third-order valence-corrected chi connectivity index (χ3v) is 5.51. The van der Waals surface area contributed by atoms with Gasteiger partial charge in [-0.1, -0.05) is 35.9 Å². The number of hydrogen-bond acceptors (Lipinski definition) is 8. The predicted octanol–water partition coefficient (Wildman–Crippen LogP) is 2.79. The van der Waals surface area contributed by atoms with Crippen LogP contribution in [0.4, 0.5) is 15.2 Å². The minimum atomic E-state index is -1.14. The fourth-order valence-electron chi connectivity index (χ4n) is 3.22. The summed E-state index contributed by atoms with van der Waals surface area (Å²) >= 11 is 5.99. The van der Waals surface area contributed by atoms with Crippen molar-refractivity contribution in [3.8, 4) is 0 Å². The number of carbonyl (C=O) groups excluding carboxylic acids is 2. The van der Waals surface area contributed by atoms with Crippen molar-refractivity contribution in [2.75, 3.05) is 25.6 Å². The highest BCUT2D eigenvalue weighted by atomic mass is 35.5. The van der Waals surface area contributed by atoms with Crippen LogP contribution >= 0.6 is 11.6 Å². The van der Waals surface area contributed by atoms with Gasteiger partial charge in [0.05, 0.1) is 30.3 Å². The lowest BCUT2D eigenvalue weighted by Gasteiger charge is -2.36. The molecule has 2 atom stereocenters. The number of nitrogens with one attached hydrogen (secondary N) is 1. The van der Waals surface area contributed by atoms with E-state index >= 15 is 0 Å².